The van der Waals surface area contributed by atoms with E-state index < -0.39 is 0 Å². The van der Waals surface area contributed by atoms with E-state index in [2.05, 4.69) is 67.1 Å². The maximum absolute atomic E-state index is 12.8. The van der Waals surface area contributed by atoms with Crippen molar-refractivity contribution in [3.05, 3.63) is 94.3 Å². The first-order valence-electron chi connectivity index (χ1n) is 10.6. The van der Waals surface area contributed by atoms with Gasteiger partial charge in [-0.15, -0.1) is 0 Å². The summed E-state index contributed by atoms with van der Waals surface area (Å²) in [5.74, 6) is 0.205. The number of nitrogens with zero attached hydrogens (tertiary/aromatic N) is 2. The number of amides is 1. The van der Waals surface area contributed by atoms with Crippen molar-refractivity contribution in [2.75, 3.05) is 7.11 Å². The molecule has 0 aliphatic rings. The summed E-state index contributed by atoms with van der Waals surface area (Å²) in [5, 5.41) is 6.21. The first-order valence-corrected chi connectivity index (χ1v) is 10.6. The van der Waals surface area contributed by atoms with Gasteiger partial charge in [0, 0.05) is 22.6 Å². The summed E-state index contributed by atoms with van der Waals surface area (Å²) in [6, 6.07) is 20.1. The zero-order chi connectivity index (χ0) is 22.8. The molecule has 3 aromatic carbocycles. The van der Waals surface area contributed by atoms with Crippen LogP contribution in [0.5, 0.6) is 5.75 Å². The van der Waals surface area contributed by atoms with Crippen LogP contribution in [0.1, 0.15) is 38.4 Å². The smallest absolute Gasteiger partial charge is 0.275 e. The number of aromatic nitrogens is 1. The number of aryl methyl sites for hydroxylation is 3. The molecular weight excluding hydrogens is 398 g/mol. The third kappa shape index (κ3) is 4.02. The lowest BCUT2D eigenvalue weighted by Gasteiger charge is -2.11. The summed E-state index contributed by atoms with van der Waals surface area (Å²) in [6.45, 7) is 8.35. The number of hydrogen-bond acceptors (Lipinski definition) is 3. The Bertz CT molecular complexity index is 1350. The monoisotopic (exact) mass is 425 g/mol. The quantitative estimate of drug-likeness (QED) is 0.332. The number of nitrogens with one attached hydrogen (secondary N) is 1. The van der Waals surface area contributed by atoms with Gasteiger partial charge >= 0.3 is 0 Å². The van der Waals surface area contributed by atoms with Crippen molar-refractivity contribution in [1.29, 1.82) is 0 Å². The SMILES string of the molecule is COc1cc2ccccc2cc1C(=O)N/N=C\c1cc(C)n(-c2ccc(C)c(C)c2)c1C. The van der Waals surface area contributed by atoms with Crippen LogP contribution in [0, 0.1) is 27.7 Å². The lowest BCUT2D eigenvalue weighted by molar-refractivity contribution is 0.0952. The van der Waals surface area contributed by atoms with Crippen molar-refractivity contribution >= 4 is 22.9 Å². The van der Waals surface area contributed by atoms with E-state index in [0.29, 0.717) is 11.3 Å². The van der Waals surface area contributed by atoms with Crippen LogP contribution in [-0.2, 0) is 0 Å². The first kappa shape index (κ1) is 21.4. The number of carbonyl (C=O) groups is 1. The van der Waals surface area contributed by atoms with E-state index in [-0.39, 0.29) is 5.91 Å². The van der Waals surface area contributed by atoms with Gasteiger partial charge in [0.25, 0.3) is 5.91 Å². The lowest BCUT2D eigenvalue weighted by Crippen LogP contribution is -2.18. The number of rotatable bonds is 5. The fourth-order valence-corrected chi connectivity index (χ4v) is 3.97. The van der Waals surface area contributed by atoms with Crippen molar-refractivity contribution in [1.82, 2.24) is 9.99 Å². The van der Waals surface area contributed by atoms with Crippen LogP contribution >= 0.6 is 0 Å². The second kappa shape index (κ2) is 8.71. The summed E-state index contributed by atoms with van der Waals surface area (Å²) >= 11 is 0. The molecule has 0 radical (unpaired) electrons. The molecule has 1 heterocycles. The Labute approximate surface area is 188 Å². The van der Waals surface area contributed by atoms with Gasteiger partial charge in [0.1, 0.15) is 5.75 Å². The summed E-state index contributed by atoms with van der Waals surface area (Å²) in [6.07, 6.45) is 1.69. The Morgan fingerprint density at radius 3 is 2.34 bits per heavy atom. The van der Waals surface area contributed by atoms with Crippen LogP contribution < -0.4 is 10.2 Å². The molecule has 0 fully saturated rings. The molecule has 5 nitrogen and oxygen atoms in total. The molecular formula is C27H27N3O2. The second-order valence-corrected chi connectivity index (χ2v) is 8.03. The van der Waals surface area contributed by atoms with Crippen molar-refractivity contribution in [3.8, 4) is 11.4 Å². The zero-order valence-corrected chi connectivity index (χ0v) is 19.1. The van der Waals surface area contributed by atoms with Gasteiger partial charge in [-0.1, -0.05) is 30.3 Å². The summed E-state index contributed by atoms with van der Waals surface area (Å²) in [5.41, 5.74) is 9.85. The predicted molar refractivity (Wildman–Crippen MR) is 130 cm³/mol. The highest BCUT2D eigenvalue weighted by Gasteiger charge is 2.14. The average Bonchev–Trinajstić information content (AvgIpc) is 3.07. The molecule has 0 aliphatic carbocycles. The molecule has 4 rings (SSSR count). The van der Waals surface area contributed by atoms with E-state index in [9.17, 15) is 4.79 Å². The van der Waals surface area contributed by atoms with Crippen molar-refractivity contribution in [2.45, 2.75) is 27.7 Å². The standard InChI is InChI=1S/C27H27N3O2/c1-17-10-11-24(12-18(17)2)30-19(3)13-23(20(30)4)16-28-29-27(31)25-14-21-8-6-7-9-22(21)15-26(25)32-5/h6-16H,1-5H3,(H,29,31)/b28-16-. The number of benzene rings is 3. The molecule has 1 aromatic heterocycles. The number of hydrazone groups is 1. The molecule has 0 saturated heterocycles. The maximum atomic E-state index is 12.8. The van der Waals surface area contributed by atoms with Crippen LogP contribution in [0.2, 0.25) is 0 Å². The van der Waals surface area contributed by atoms with Crippen LogP contribution in [0.3, 0.4) is 0 Å². The number of methoxy groups -OCH3 is 1. The van der Waals surface area contributed by atoms with E-state index >= 15 is 0 Å². The molecule has 0 saturated carbocycles. The lowest BCUT2D eigenvalue weighted by atomic mass is 10.1. The normalized spacial score (nSPS) is 11.3. The summed E-state index contributed by atoms with van der Waals surface area (Å²) in [7, 11) is 1.56. The van der Waals surface area contributed by atoms with Gasteiger partial charge in [0.05, 0.1) is 18.9 Å². The summed E-state index contributed by atoms with van der Waals surface area (Å²) in [4.78, 5) is 12.8. The van der Waals surface area contributed by atoms with Crippen molar-refractivity contribution in [2.24, 2.45) is 5.10 Å². The van der Waals surface area contributed by atoms with Gasteiger partial charge in [0.2, 0.25) is 0 Å². The first-order chi connectivity index (χ1) is 15.4. The van der Waals surface area contributed by atoms with Gasteiger partial charge in [-0.05, 0) is 79.9 Å². The van der Waals surface area contributed by atoms with E-state index in [1.54, 1.807) is 13.3 Å². The van der Waals surface area contributed by atoms with Crippen LogP contribution in [-0.4, -0.2) is 23.8 Å². The number of ether oxygens (including phenoxy) is 1. The molecule has 0 aliphatic heterocycles. The molecule has 162 valence electrons. The van der Waals surface area contributed by atoms with Crippen LogP contribution in [0.25, 0.3) is 16.5 Å². The van der Waals surface area contributed by atoms with Gasteiger partial charge < -0.3 is 9.30 Å². The van der Waals surface area contributed by atoms with E-state index in [1.807, 2.05) is 36.4 Å². The highest BCUT2D eigenvalue weighted by molar-refractivity contribution is 6.02. The maximum Gasteiger partial charge on any atom is 0.275 e. The van der Waals surface area contributed by atoms with Crippen molar-refractivity contribution in [3.63, 3.8) is 0 Å². The Hall–Kier alpha value is -3.86. The van der Waals surface area contributed by atoms with E-state index in [4.69, 9.17) is 4.74 Å². The molecule has 0 bridgehead atoms. The third-order valence-electron chi connectivity index (χ3n) is 5.90. The van der Waals surface area contributed by atoms with E-state index in [0.717, 1.165) is 33.4 Å². The molecule has 32 heavy (non-hydrogen) atoms. The fraction of sp³-hybridized carbons (Fsp3) is 0.185. The highest BCUT2D eigenvalue weighted by Crippen LogP contribution is 2.26. The number of hydrogen-bond donors (Lipinski definition) is 1. The summed E-state index contributed by atoms with van der Waals surface area (Å²) < 4.78 is 7.62. The highest BCUT2D eigenvalue weighted by atomic mass is 16.5. The average molecular weight is 426 g/mol. The molecule has 1 amide bonds. The topological polar surface area (TPSA) is 55.6 Å². The Morgan fingerprint density at radius 2 is 1.66 bits per heavy atom. The largest absolute Gasteiger partial charge is 0.496 e. The zero-order valence-electron chi connectivity index (χ0n) is 19.1. The molecule has 1 N–H and O–H groups in total. The second-order valence-electron chi connectivity index (χ2n) is 8.03. The predicted octanol–water partition coefficient (Wildman–Crippen LogP) is 5.64. The van der Waals surface area contributed by atoms with Crippen LogP contribution in [0.4, 0.5) is 0 Å². The molecule has 0 atom stereocenters. The van der Waals surface area contributed by atoms with Gasteiger partial charge in [-0.3, -0.25) is 4.79 Å². The van der Waals surface area contributed by atoms with Crippen molar-refractivity contribution < 1.29 is 9.53 Å². The fourth-order valence-electron chi connectivity index (χ4n) is 3.97. The van der Waals surface area contributed by atoms with Gasteiger partial charge in [-0.25, -0.2) is 5.43 Å². The molecule has 0 unspecified atom stereocenters. The Morgan fingerprint density at radius 1 is 0.938 bits per heavy atom. The molecule has 0 spiro atoms. The van der Waals surface area contributed by atoms with Crippen LogP contribution in [0.15, 0.2) is 65.8 Å². The number of fused-ring (bicyclic) bond motifs is 1. The third-order valence-corrected chi connectivity index (χ3v) is 5.90. The molecule has 4 aromatic rings. The molecule has 5 heteroatoms. The minimum atomic E-state index is -0.313. The Kier molecular flexibility index (Phi) is 5.82. The minimum Gasteiger partial charge on any atom is -0.496 e. The minimum absolute atomic E-state index is 0.313. The van der Waals surface area contributed by atoms with Gasteiger partial charge in [0.15, 0.2) is 0 Å². The van der Waals surface area contributed by atoms with Gasteiger partial charge in [-0.2, -0.15) is 5.10 Å². The Balaban J connectivity index is 1.58. The number of carbonyl (C=O) groups excluding carboxylic acids is 1. The van der Waals surface area contributed by atoms with E-state index in [1.165, 1.54) is 11.1 Å².